The van der Waals surface area contributed by atoms with Crippen molar-refractivity contribution in [1.82, 2.24) is 0 Å². The minimum absolute atomic E-state index is 0.00972. The van der Waals surface area contributed by atoms with E-state index in [0.717, 1.165) is 68.2 Å². The van der Waals surface area contributed by atoms with Gasteiger partial charge in [-0.2, -0.15) is 0 Å². The lowest BCUT2D eigenvalue weighted by Crippen LogP contribution is -2.66. The van der Waals surface area contributed by atoms with Crippen LogP contribution in [0.25, 0.3) is 0 Å². The number of aliphatic hydroxyl groups is 2. The van der Waals surface area contributed by atoms with Gasteiger partial charge in [0, 0.05) is 26.1 Å². The molecule has 0 amide bonds. The van der Waals surface area contributed by atoms with Crippen LogP contribution in [0, 0.1) is 5.92 Å². The van der Waals surface area contributed by atoms with E-state index in [1.165, 1.54) is 10.4 Å². The van der Waals surface area contributed by atoms with Gasteiger partial charge in [-0.1, -0.05) is 152 Å². The molecule has 0 aromatic heterocycles. The standard InChI is InChI=1S/C66H98O11Si2/c1-47-42-61-66(9,76-54(47)30-22-41-72-79(64(5,6)7,51-26-18-14-19-27-51)52-28-20-15-21-29-52)44-53(67)62(68)59(75-61)43-58-55(71-46-49-32-34-50(69-10)35-33-49)36-37-56-57(73-58)38-39-65(8,77-78(11,12)63(2,3)4)60(74-56)31-23-40-70-45-48-24-16-13-17-25-48/h13-21,24-29,32-35,47,53-62,67-68H,22-23,30-31,36-46H2,1-12H3/t47-,53-,54-,55+,56-,57+,58-,59+,60+,61-,62-,65+,66+/m0/s1. The number of aliphatic hydroxyl groups excluding tert-OH is 2. The number of methoxy groups -OCH3 is 1. The SMILES string of the molecule is COc1ccc(CO[C@@H]2CC[C@@H]3O[C@H](CCCOCc4ccccc4)[C@](C)(O[Si](C)(C)C(C)(C)C)CC[C@H]3O[C@H]2C[C@H]2O[C@H]3C[C@H](C)[C@H](CCCO[Si](c4ccccc4)(c4ccccc4)C(C)(C)C)O[C@]3(C)C[C@H](O)[C@@H]2O)cc1. The Kier molecular flexibility index (Phi) is 20.7. The molecule has 4 aliphatic heterocycles. The van der Waals surface area contributed by atoms with Crippen molar-refractivity contribution < 1.29 is 52.2 Å². The Balaban J connectivity index is 0.982. The van der Waals surface area contributed by atoms with Crippen LogP contribution in [0.15, 0.2) is 115 Å². The van der Waals surface area contributed by atoms with Crippen LogP contribution in [0.1, 0.15) is 144 Å². The van der Waals surface area contributed by atoms with Crippen LogP contribution < -0.4 is 15.1 Å². The van der Waals surface area contributed by atoms with E-state index < -0.39 is 52.3 Å². The molecule has 0 bridgehead atoms. The molecule has 2 N–H and O–H groups in total. The third kappa shape index (κ3) is 14.9. The zero-order valence-electron chi connectivity index (χ0n) is 50.0. The summed E-state index contributed by atoms with van der Waals surface area (Å²) in [6.07, 6.45) is 2.68. The third-order valence-corrected chi connectivity index (χ3v) is 28.2. The van der Waals surface area contributed by atoms with Gasteiger partial charge in [0.2, 0.25) is 0 Å². The van der Waals surface area contributed by atoms with Crippen molar-refractivity contribution in [3.8, 4) is 5.75 Å². The van der Waals surface area contributed by atoms with Crippen LogP contribution in [-0.4, -0.2) is 119 Å². The van der Waals surface area contributed by atoms with Gasteiger partial charge in [0.25, 0.3) is 8.32 Å². The van der Waals surface area contributed by atoms with Crippen molar-refractivity contribution in [2.75, 3.05) is 20.3 Å². The molecule has 4 aliphatic rings. The maximum absolute atomic E-state index is 12.2. The molecule has 79 heavy (non-hydrogen) atoms. The number of hydrogen-bond acceptors (Lipinski definition) is 11. The zero-order chi connectivity index (χ0) is 56.6. The molecule has 4 aromatic rings. The van der Waals surface area contributed by atoms with Gasteiger partial charge in [-0.05, 0) is 134 Å². The van der Waals surface area contributed by atoms with E-state index in [1.54, 1.807) is 7.11 Å². The summed E-state index contributed by atoms with van der Waals surface area (Å²) in [7, 11) is -3.27. The predicted molar refractivity (Wildman–Crippen MR) is 319 cm³/mol. The van der Waals surface area contributed by atoms with Crippen molar-refractivity contribution in [2.45, 2.75) is 242 Å². The summed E-state index contributed by atoms with van der Waals surface area (Å²) in [5, 5.41) is 26.6. The van der Waals surface area contributed by atoms with Gasteiger partial charge in [-0.3, -0.25) is 0 Å². The molecule has 8 rings (SSSR count). The predicted octanol–water partition coefficient (Wildman–Crippen LogP) is 12.3. The summed E-state index contributed by atoms with van der Waals surface area (Å²) in [5.74, 6) is 0.958. The number of fused-ring (bicyclic) bond motifs is 2. The molecule has 13 heteroatoms. The first-order valence-electron chi connectivity index (χ1n) is 29.9. The summed E-state index contributed by atoms with van der Waals surface area (Å²) in [6.45, 7) is 27.3. The normalized spacial score (nSPS) is 31.0. The first kappa shape index (κ1) is 61.8. The minimum atomic E-state index is -2.70. The number of ether oxygens (including phenoxy) is 7. The number of rotatable bonds is 21. The first-order valence-corrected chi connectivity index (χ1v) is 34.7. The van der Waals surface area contributed by atoms with Gasteiger partial charge in [0.05, 0.1) is 86.5 Å². The summed E-state index contributed by atoms with van der Waals surface area (Å²) in [6, 6.07) is 39.9. The van der Waals surface area contributed by atoms with E-state index in [0.29, 0.717) is 39.3 Å². The van der Waals surface area contributed by atoms with Crippen LogP contribution in [0.3, 0.4) is 0 Å². The molecule has 4 heterocycles. The second kappa shape index (κ2) is 26.5. The molecular formula is C66H98O11Si2. The topological polar surface area (TPSA) is 124 Å². The fraction of sp³-hybridized carbons (Fsp3) is 0.636. The molecule has 13 atom stereocenters. The molecule has 0 spiro atoms. The van der Waals surface area contributed by atoms with E-state index in [4.69, 9.17) is 42.0 Å². The average Bonchev–Trinajstić information content (AvgIpc) is 3.81. The molecule has 11 nitrogen and oxygen atoms in total. The van der Waals surface area contributed by atoms with Gasteiger partial charge in [-0.25, -0.2) is 0 Å². The Bertz CT molecular complexity index is 2410. The highest BCUT2D eigenvalue weighted by atomic mass is 28.4. The quantitative estimate of drug-likeness (QED) is 0.0612. The Morgan fingerprint density at radius 3 is 1.89 bits per heavy atom. The van der Waals surface area contributed by atoms with Crippen LogP contribution in [0.2, 0.25) is 23.2 Å². The van der Waals surface area contributed by atoms with Gasteiger partial charge in [-0.15, -0.1) is 0 Å². The van der Waals surface area contributed by atoms with E-state index in [-0.39, 0.29) is 59.0 Å². The molecule has 0 saturated carbocycles. The van der Waals surface area contributed by atoms with Crippen LogP contribution in [-0.2, 0) is 50.5 Å². The van der Waals surface area contributed by atoms with E-state index in [1.807, 2.05) is 42.5 Å². The molecule has 0 aliphatic carbocycles. The lowest BCUT2D eigenvalue weighted by molar-refractivity contribution is -0.230. The van der Waals surface area contributed by atoms with E-state index in [9.17, 15) is 10.2 Å². The fourth-order valence-electron chi connectivity index (χ4n) is 12.9. The monoisotopic (exact) mass is 1120 g/mol. The summed E-state index contributed by atoms with van der Waals surface area (Å²) < 4.78 is 62.4. The molecule has 436 valence electrons. The van der Waals surface area contributed by atoms with Crippen LogP contribution in [0.5, 0.6) is 5.75 Å². The molecule has 4 fully saturated rings. The Hall–Kier alpha value is -3.29. The Labute approximate surface area is 477 Å². The average molecular weight is 1120 g/mol. The van der Waals surface area contributed by atoms with Gasteiger partial charge in [0.1, 0.15) is 11.9 Å². The van der Waals surface area contributed by atoms with E-state index >= 15 is 0 Å². The maximum Gasteiger partial charge on any atom is 0.261 e. The second-order valence-corrected chi connectivity index (χ2v) is 35.6. The number of benzene rings is 4. The zero-order valence-corrected chi connectivity index (χ0v) is 52.0. The van der Waals surface area contributed by atoms with Crippen LogP contribution >= 0.6 is 0 Å². The summed E-state index contributed by atoms with van der Waals surface area (Å²) >= 11 is 0. The van der Waals surface area contributed by atoms with Gasteiger partial charge < -0.3 is 52.2 Å². The molecule has 0 radical (unpaired) electrons. The fourth-order valence-corrected chi connectivity index (χ4v) is 19.2. The van der Waals surface area contributed by atoms with Crippen molar-refractivity contribution in [2.24, 2.45) is 5.92 Å². The smallest absolute Gasteiger partial charge is 0.261 e. The Morgan fingerprint density at radius 2 is 1.27 bits per heavy atom. The van der Waals surface area contributed by atoms with Gasteiger partial charge >= 0.3 is 0 Å². The largest absolute Gasteiger partial charge is 0.497 e. The lowest BCUT2D eigenvalue weighted by Gasteiger charge is -2.47. The minimum Gasteiger partial charge on any atom is -0.497 e. The highest BCUT2D eigenvalue weighted by Crippen LogP contribution is 2.47. The lowest BCUT2D eigenvalue weighted by atomic mass is 9.80. The van der Waals surface area contributed by atoms with Crippen molar-refractivity contribution in [1.29, 1.82) is 0 Å². The van der Waals surface area contributed by atoms with Crippen molar-refractivity contribution in [3.63, 3.8) is 0 Å². The molecular weight excluding hydrogens is 1020 g/mol. The highest BCUT2D eigenvalue weighted by molar-refractivity contribution is 6.99. The first-order chi connectivity index (χ1) is 37.5. The van der Waals surface area contributed by atoms with Crippen LogP contribution in [0.4, 0.5) is 0 Å². The maximum atomic E-state index is 12.2. The summed E-state index contributed by atoms with van der Waals surface area (Å²) in [5.41, 5.74) is 0.822. The molecule has 0 unspecified atom stereocenters. The Morgan fingerprint density at radius 1 is 0.658 bits per heavy atom. The summed E-state index contributed by atoms with van der Waals surface area (Å²) in [4.78, 5) is 0. The van der Waals surface area contributed by atoms with Crippen molar-refractivity contribution >= 4 is 27.0 Å². The third-order valence-electron chi connectivity index (χ3n) is 18.5. The second-order valence-electron chi connectivity index (χ2n) is 26.5. The number of hydrogen-bond donors (Lipinski definition) is 2. The highest BCUT2D eigenvalue weighted by Gasteiger charge is 2.55. The van der Waals surface area contributed by atoms with Gasteiger partial charge in [0.15, 0.2) is 8.32 Å². The molecule has 4 aromatic carbocycles. The molecule has 4 saturated heterocycles. The van der Waals surface area contributed by atoms with E-state index in [2.05, 4.69) is 148 Å². The van der Waals surface area contributed by atoms with Crippen molar-refractivity contribution in [3.05, 3.63) is 126 Å².